The summed E-state index contributed by atoms with van der Waals surface area (Å²) in [6, 6.07) is 0. The molecule has 0 aromatic rings. The summed E-state index contributed by atoms with van der Waals surface area (Å²) in [5.74, 6) is 1.79. The lowest BCUT2D eigenvalue weighted by Crippen LogP contribution is -2.49. The van der Waals surface area contributed by atoms with Gasteiger partial charge in [-0.1, -0.05) is 48.5 Å². The second-order valence-electron chi connectivity index (χ2n) is 9.64. The minimum atomic E-state index is -0.303. The van der Waals surface area contributed by atoms with Crippen molar-refractivity contribution in [2.45, 2.75) is 79.6 Å². The Balaban J connectivity index is 1.94. The molecule has 0 aromatic heterocycles. The topological polar surface area (TPSA) is 29.5 Å². The monoisotopic (exact) mass is 280 g/mol. The lowest BCUT2D eigenvalue weighted by molar-refractivity contribution is -0.166. The lowest BCUT2D eigenvalue weighted by atomic mass is 9.61. The molecule has 1 N–H and O–H groups in total. The van der Waals surface area contributed by atoms with Crippen molar-refractivity contribution in [3.8, 4) is 0 Å². The van der Waals surface area contributed by atoms with Gasteiger partial charge in [0.15, 0.2) is 0 Å². The van der Waals surface area contributed by atoms with Gasteiger partial charge in [0.2, 0.25) is 0 Å². The summed E-state index contributed by atoms with van der Waals surface area (Å²) in [4.78, 5) is 0. The van der Waals surface area contributed by atoms with Crippen molar-refractivity contribution < 1.29 is 9.84 Å². The second-order valence-corrected chi connectivity index (χ2v) is 9.64. The third-order valence-corrected chi connectivity index (χ3v) is 7.56. The fraction of sp³-hybridized carbons (Fsp3) is 1.00. The number of fused-ring (bicyclic) bond motifs is 2. The smallest absolute Gasteiger partial charge is 0.0874 e. The van der Waals surface area contributed by atoms with Crippen LogP contribution in [0.2, 0.25) is 0 Å². The zero-order valence-electron chi connectivity index (χ0n) is 14.2. The van der Waals surface area contributed by atoms with Gasteiger partial charge >= 0.3 is 0 Å². The maximum Gasteiger partial charge on any atom is 0.0874 e. The van der Waals surface area contributed by atoms with Gasteiger partial charge in [0.25, 0.3) is 0 Å². The molecular weight excluding hydrogens is 248 g/mol. The van der Waals surface area contributed by atoms with E-state index in [9.17, 15) is 5.11 Å². The first-order valence-corrected chi connectivity index (χ1v) is 8.32. The van der Waals surface area contributed by atoms with E-state index in [0.717, 1.165) is 12.8 Å². The Morgan fingerprint density at radius 1 is 1.00 bits per heavy atom. The van der Waals surface area contributed by atoms with Crippen molar-refractivity contribution in [3.05, 3.63) is 0 Å². The first kappa shape index (κ1) is 14.8. The fourth-order valence-electron chi connectivity index (χ4n) is 5.59. The van der Waals surface area contributed by atoms with Crippen molar-refractivity contribution >= 4 is 0 Å². The number of aliphatic hydroxyl groups excluding tert-OH is 1. The number of hydrogen-bond acceptors (Lipinski definition) is 2. The molecule has 3 fully saturated rings. The Kier molecular flexibility index (Phi) is 2.98. The molecule has 6 atom stereocenters. The molecule has 2 unspecified atom stereocenters. The largest absolute Gasteiger partial charge is 0.390 e. The highest BCUT2D eigenvalue weighted by atomic mass is 16.5. The van der Waals surface area contributed by atoms with E-state index < -0.39 is 0 Å². The summed E-state index contributed by atoms with van der Waals surface area (Å²) in [6.07, 6.45) is 2.32. The van der Waals surface area contributed by atoms with Crippen LogP contribution in [0.3, 0.4) is 0 Å². The summed E-state index contributed by atoms with van der Waals surface area (Å²) in [6.45, 7) is 16.4. The predicted molar refractivity (Wildman–Crippen MR) is 81.4 cm³/mol. The van der Waals surface area contributed by atoms with Gasteiger partial charge in [0.05, 0.1) is 18.3 Å². The third kappa shape index (κ3) is 1.70. The van der Waals surface area contributed by atoms with Gasteiger partial charge in [-0.05, 0) is 46.8 Å². The van der Waals surface area contributed by atoms with Gasteiger partial charge in [-0.25, -0.2) is 0 Å². The lowest BCUT2D eigenvalue weighted by Gasteiger charge is -2.48. The predicted octanol–water partition coefficient (Wildman–Crippen LogP) is 3.87. The maximum atomic E-state index is 10.6. The Morgan fingerprint density at radius 3 is 2.20 bits per heavy atom. The normalized spacial score (nSPS) is 51.6. The number of hydrogen-bond donors (Lipinski definition) is 1. The molecule has 1 aliphatic heterocycles. The molecule has 0 aromatic carbocycles. The molecule has 0 bridgehead atoms. The van der Waals surface area contributed by atoms with Crippen molar-refractivity contribution in [1.29, 1.82) is 0 Å². The number of rotatable bonds is 0. The van der Waals surface area contributed by atoms with Crippen LogP contribution in [0, 0.1) is 34.0 Å². The van der Waals surface area contributed by atoms with Crippen molar-refractivity contribution in [2.24, 2.45) is 34.0 Å². The van der Waals surface area contributed by atoms with Crippen molar-refractivity contribution in [2.75, 3.05) is 0 Å². The first-order valence-electron chi connectivity index (χ1n) is 8.32. The fourth-order valence-corrected chi connectivity index (χ4v) is 5.59. The van der Waals surface area contributed by atoms with Crippen LogP contribution in [0.5, 0.6) is 0 Å². The van der Waals surface area contributed by atoms with E-state index >= 15 is 0 Å². The van der Waals surface area contributed by atoms with Crippen LogP contribution in [0.1, 0.15) is 61.3 Å². The molecular formula is C18H32O2. The molecule has 2 nitrogen and oxygen atoms in total. The Bertz CT molecular complexity index is 410. The van der Waals surface area contributed by atoms with Crippen molar-refractivity contribution in [1.82, 2.24) is 0 Å². The molecule has 3 rings (SSSR count). The Morgan fingerprint density at radius 2 is 1.60 bits per heavy atom. The van der Waals surface area contributed by atoms with E-state index in [1.165, 1.54) is 0 Å². The second kappa shape index (κ2) is 4.01. The molecule has 1 saturated heterocycles. The Hall–Kier alpha value is -0.0800. The molecule has 2 aliphatic carbocycles. The van der Waals surface area contributed by atoms with Crippen molar-refractivity contribution in [3.63, 3.8) is 0 Å². The SMILES string of the molecule is C[C@@H]1C2CC(C)(C)[C@@H](O)C2O[C@H]2CC(C)(C)C(C)(C)[C@H]21. The van der Waals surface area contributed by atoms with E-state index in [1.807, 2.05) is 0 Å². The van der Waals surface area contributed by atoms with Gasteiger partial charge in [-0.15, -0.1) is 0 Å². The van der Waals surface area contributed by atoms with Crippen LogP contribution in [0.4, 0.5) is 0 Å². The number of aliphatic hydroxyl groups is 1. The summed E-state index contributed by atoms with van der Waals surface area (Å²) in [5, 5.41) is 10.6. The molecule has 20 heavy (non-hydrogen) atoms. The quantitative estimate of drug-likeness (QED) is 0.730. The third-order valence-electron chi connectivity index (χ3n) is 7.56. The molecule has 116 valence electrons. The molecule has 2 saturated carbocycles. The van der Waals surface area contributed by atoms with Crippen LogP contribution in [0.15, 0.2) is 0 Å². The van der Waals surface area contributed by atoms with E-state index in [1.54, 1.807) is 0 Å². The van der Waals surface area contributed by atoms with E-state index in [0.29, 0.717) is 34.7 Å². The van der Waals surface area contributed by atoms with Gasteiger partial charge < -0.3 is 9.84 Å². The van der Waals surface area contributed by atoms with Gasteiger partial charge in [0.1, 0.15) is 0 Å². The van der Waals surface area contributed by atoms with Crippen LogP contribution in [-0.2, 0) is 4.74 Å². The van der Waals surface area contributed by atoms with E-state index in [2.05, 4.69) is 48.5 Å². The van der Waals surface area contributed by atoms with Gasteiger partial charge in [-0.3, -0.25) is 0 Å². The van der Waals surface area contributed by atoms with Crippen LogP contribution < -0.4 is 0 Å². The molecule has 2 heteroatoms. The van der Waals surface area contributed by atoms with E-state index in [4.69, 9.17) is 4.74 Å². The highest BCUT2D eigenvalue weighted by Crippen LogP contribution is 2.64. The summed E-state index contributed by atoms with van der Waals surface area (Å²) < 4.78 is 6.47. The molecule has 0 amide bonds. The number of ether oxygens (including phenoxy) is 1. The van der Waals surface area contributed by atoms with Crippen LogP contribution in [0.25, 0.3) is 0 Å². The summed E-state index contributed by atoms with van der Waals surface area (Å²) in [7, 11) is 0. The highest BCUT2D eigenvalue weighted by molar-refractivity contribution is 5.12. The average molecular weight is 280 g/mol. The minimum absolute atomic E-state index is 0.00188. The first-order chi connectivity index (χ1) is 8.99. The zero-order chi connectivity index (χ0) is 15.1. The molecule has 3 aliphatic rings. The standard InChI is InChI=1S/C18H32O2/c1-10-11-8-16(2,3)15(19)14(11)20-12-9-17(4,5)18(6,7)13(10)12/h10-15,19H,8-9H2,1-7H3/t10-,11?,12+,13+,14?,15+/m1/s1. The summed E-state index contributed by atoms with van der Waals surface area (Å²) in [5.41, 5.74) is 0.622. The van der Waals surface area contributed by atoms with Crippen LogP contribution >= 0.6 is 0 Å². The molecule has 0 radical (unpaired) electrons. The maximum absolute atomic E-state index is 10.6. The highest BCUT2D eigenvalue weighted by Gasteiger charge is 2.63. The van der Waals surface area contributed by atoms with Gasteiger partial charge in [-0.2, -0.15) is 0 Å². The minimum Gasteiger partial charge on any atom is -0.390 e. The average Bonchev–Trinajstić information content (AvgIpc) is 2.61. The van der Waals surface area contributed by atoms with E-state index in [-0.39, 0.29) is 17.6 Å². The van der Waals surface area contributed by atoms with Crippen LogP contribution in [-0.4, -0.2) is 23.4 Å². The summed E-state index contributed by atoms with van der Waals surface area (Å²) >= 11 is 0. The Labute approximate surface area is 124 Å². The zero-order valence-corrected chi connectivity index (χ0v) is 14.2. The molecule has 0 spiro atoms. The molecule has 1 heterocycles. The van der Waals surface area contributed by atoms with Gasteiger partial charge in [0, 0.05) is 0 Å².